The average molecular weight is 398 g/mol. The number of aryl methyl sites for hydroxylation is 1. The molecule has 0 aliphatic carbocycles. The normalized spacial score (nSPS) is 19.9. The number of morpholine rings is 1. The number of hydrogen-bond acceptors (Lipinski definition) is 2. The summed E-state index contributed by atoms with van der Waals surface area (Å²) < 4.78 is 6.49. The van der Waals surface area contributed by atoms with Gasteiger partial charge in [0.2, 0.25) is 0 Å². The number of ether oxygens (including phenoxy) is 1. The van der Waals surface area contributed by atoms with Crippen LogP contribution in [0.5, 0.6) is 0 Å². The number of halogens is 2. The molecule has 0 radical (unpaired) electrons. The second-order valence-electron chi connectivity index (χ2n) is 6.96. The quantitative estimate of drug-likeness (QED) is 0.492. The van der Waals surface area contributed by atoms with E-state index in [-0.39, 0.29) is 12.2 Å². The standard InChI is InChI=1S/C23H21Cl2NO/c1-16-2-12-21(13-3-16)26-14-22(17-4-8-19(24)9-5-17)27-23(15-26)18-6-10-20(25)11-7-18/h2-13,22-23H,14-15H2,1H3/t22-,23+. The van der Waals surface area contributed by atoms with E-state index in [1.165, 1.54) is 11.3 Å². The monoisotopic (exact) mass is 397 g/mol. The van der Waals surface area contributed by atoms with Crippen molar-refractivity contribution < 1.29 is 4.74 Å². The third-order valence-electron chi connectivity index (χ3n) is 4.98. The van der Waals surface area contributed by atoms with Crippen LogP contribution in [0.25, 0.3) is 0 Å². The number of benzene rings is 3. The van der Waals surface area contributed by atoms with Gasteiger partial charge in [0.1, 0.15) is 12.2 Å². The van der Waals surface area contributed by atoms with Crippen LogP contribution in [0.1, 0.15) is 28.9 Å². The molecule has 0 N–H and O–H groups in total. The first-order valence-electron chi connectivity index (χ1n) is 9.06. The lowest BCUT2D eigenvalue weighted by Crippen LogP contribution is -2.40. The third kappa shape index (κ3) is 4.30. The Morgan fingerprint density at radius 3 is 1.59 bits per heavy atom. The molecular weight excluding hydrogens is 377 g/mol. The van der Waals surface area contributed by atoms with Crippen LogP contribution >= 0.6 is 23.2 Å². The average Bonchev–Trinajstić information content (AvgIpc) is 2.69. The van der Waals surface area contributed by atoms with Crippen molar-refractivity contribution in [2.75, 3.05) is 18.0 Å². The van der Waals surface area contributed by atoms with E-state index >= 15 is 0 Å². The largest absolute Gasteiger partial charge is 0.366 e. The SMILES string of the molecule is Cc1ccc(N2C[C@@H](c3ccc(Cl)cc3)O[C@@H](c3ccc(Cl)cc3)C2)cc1. The summed E-state index contributed by atoms with van der Waals surface area (Å²) in [5, 5.41) is 1.47. The molecular formula is C23H21Cl2NO. The van der Waals surface area contributed by atoms with E-state index in [0.29, 0.717) is 0 Å². The molecule has 1 aliphatic rings. The first-order chi connectivity index (χ1) is 13.1. The van der Waals surface area contributed by atoms with Crippen LogP contribution in [0, 0.1) is 6.92 Å². The molecule has 27 heavy (non-hydrogen) atoms. The lowest BCUT2D eigenvalue weighted by molar-refractivity contribution is -0.0293. The molecule has 1 fully saturated rings. The van der Waals surface area contributed by atoms with Crippen molar-refractivity contribution in [1.82, 2.24) is 0 Å². The molecule has 3 aromatic rings. The van der Waals surface area contributed by atoms with Crippen molar-refractivity contribution in [1.29, 1.82) is 0 Å². The molecule has 138 valence electrons. The van der Waals surface area contributed by atoms with Gasteiger partial charge in [0.25, 0.3) is 0 Å². The molecule has 0 saturated carbocycles. The molecule has 2 nitrogen and oxygen atoms in total. The van der Waals surface area contributed by atoms with Crippen LogP contribution in [0.3, 0.4) is 0 Å². The highest BCUT2D eigenvalue weighted by Gasteiger charge is 2.30. The van der Waals surface area contributed by atoms with Crippen molar-refractivity contribution >= 4 is 28.9 Å². The topological polar surface area (TPSA) is 12.5 Å². The van der Waals surface area contributed by atoms with E-state index in [1.807, 2.05) is 48.5 Å². The van der Waals surface area contributed by atoms with Gasteiger partial charge in [-0.1, -0.05) is 65.2 Å². The minimum atomic E-state index is -0.0296. The van der Waals surface area contributed by atoms with Gasteiger partial charge in [0, 0.05) is 28.8 Å². The summed E-state index contributed by atoms with van der Waals surface area (Å²) in [5.74, 6) is 0. The molecule has 4 heteroatoms. The van der Waals surface area contributed by atoms with Crippen molar-refractivity contribution in [3.8, 4) is 0 Å². The van der Waals surface area contributed by atoms with E-state index in [4.69, 9.17) is 27.9 Å². The molecule has 0 aromatic heterocycles. The van der Waals surface area contributed by atoms with E-state index in [0.717, 1.165) is 34.3 Å². The Hall–Kier alpha value is -2.00. The maximum absolute atomic E-state index is 6.49. The van der Waals surface area contributed by atoms with E-state index < -0.39 is 0 Å². The number of rotatable bonds is 3. The minimum Gasteiger partial charge on any atom is -0.366 e. The zero-order valence-electron chi connectivity index (χ0n) is 15.1. The Morgan fingerprint density at radius 2 is 1.15 bits per heavy atom. The van der Waals surface area contributed by atoms with Gasteiger partial charge in [-0.25, -0.2) is 0 Å². The summed E-state index contributed by atoms with van der Waals surface area (Å²) in [6.45, 7) is 3.71. The van der Waals surface area contributed by atoms with Crippen molar-refractivity contribution in [3.63, 3.8) is 0 Å². The highest BCUT2D eigenvalue weighted by molar-refractivity contribution is 6.30. The van der Waals surface area contributed by atoms with E-state index in [9.17, 15) is 0 Å². The Kier molecular flexibility index (Phi) is 5.40. The molecule has 0 bridgehead atoms. The summed E-state index contributed by atoms with van der Waals surface area (Å²) in [7, 11) is 0. The van der Waals surface area contributed by atoms with E-state index in [1.54, 1.807) is 0 Å². The Labute approximate surface area is 170 Å². The van der Waals surface area contributed by atoms with Crippen molar-refractivity contribution in [2.45, 2.75) is 19.1 Å². The van der Waals surface area contributed by atoms with Crippen LogP contribution in [0.15, 0.2) is 72.8 Å². The summed E-state index contributed by atoms with van der Waals surface area (Å²) in [6.07, 6.45) is -0.0593. The molecule has 2 atom stereocenters. The van der Waals surface area contributed by atoms with Crippen LogP contribution in [0.4, 0.5) is 5.69 Å². The zero-order valence-corrected chi connectivity index (χ0v) is 16.6. The smallest absolute Gasteiger partial charge is 0.101 e. The van der Waals surface area contributed by atoms with Crippen LogP contribution < -0.4 is 4.90 Å². The number of hydrogen-bond donors (Lipinski definition) is 0. The third-order valence-corrected chi connectivity index (χ3v) is 5.49. The highest BCUT2D eigenvalue weighted by Crippen LogP contribution is 2.36. The van der Waals surface area contributed by atoms with Crippen LogP contribution in [-0.4, -0.2) is 13.1 Å². The minimum absolute atomic E-state index is 0.0296. The van der Waals surface area contributed by atoms with Gasteiger partial charge >= 0.3 is 0 Å². The summed E-state index contributed by atoms with van der Waals surface area (Å²) in [6, 6.07) is 24.5. The second kappa shape index (κ2) is 7.93. The lowest BCUT2D eigenvalue weighted by Gasteiger charge is -2.40. The van der Waals surface area contributed by atoms with E-state index in [2.05, 4.69) is 36.1 Å². The molecule has 1 saturated heterocycles. The Balaban J connectivity index is 1.66. The van der Waals surface area contributed by atoms with Crippen LogP contribution in [-0.2, 0) is 4.74 Å². The molecule has 0 unspecified atom stereocenters. The van der Waals surface area contributed by atoms with Gasteiger partial charge in [0.05, 0.1) is 0 Å². The van der Waals surface area contributed by atoms with Crippen LogP contribution in [0.2, 0.25) is 10.0 Å². The van der Waals surface area contributed by atoms with Gasteiger partial charge in [-0.3, -0.25) is 0 Å². The fourth-order valence-electron chi connectivity index (χ4n) is 3.45. The van der Waals surface area contributed by atoms with Gasteiger partial charge in [-0.2, -0.15) is 0 Å². The van der Waals surface area contributed by atoms with Gasteiger partial charge in [0.15, 0.2) is 0 Å². The molecule has 3 aromatic carbocycles. The predicted octanol–water partition coefficient (Wildman–Crippen LogP) is 6.62. The lowest BCUT2D eigenvalue weighted by atomic mass is 10.0. The highest BCUT2D eigenvalue weighted by atomic mass is 35.5. The number of anilines is 1. The first kappa shape index (κ1) is 18.4. The van der Waals surface area contributed by atoms with Gasteiger partial charge < -0.3 is 9.64 Å². The summed E-state index contributed by atoms with van der Waals surface area (Å²) in [4.78, 5) is 2.39. The molecule has 0 amide bonds. The number of nitrogens with zero attached hydrogens (tertiary/aromatic N) is 1. The van der Waals surface area contributed by atoms with Crippen molar-refractivity contribution in [3.05, 3.63) is 99.5 Å². The summed E-state index contributed by atoms with van der Waals surface area (Å²) in [5.41, 5.74) is 4.74. The maximum Gasteiger partial charge on any atom is 0.101 e. The predicted molar refractivity (Wildman–Crippen MR) is 113 cm³/mol. The molecule has 0 spiro atoms. The van der Waals surface area contributed by atoms with Crippen molar-refractivity contribution in [2.24, 2.45) is 0 Å². The molecule has 1 heterocycles. The first-order valence-corrected chi connectivity index (χ1v) is 9.82. The Morgan fingerprint density at radius 1 is 0.704 bits per heavy atom. The zero-order chi connectivity index (χ0) is 18.8. The second-order valence-corrected chi connectivity index (χ2v) is 7.83. The van der Waals surface area contributed by atoms with Gasteiger partial charge in [-0.15, -0.1) is 0 Å². The van der Waals surface area contributed by atoms with Gasteiger partial charge in [-0.05, 0) is 54.4 Å². The fourth-order valence-corrected chi connectivity index (χ4v) is 3.70. The maximum atomic E-state index is 6.49. The Bertz CT molecular complexity index is 763. The fraction of sp³-hybridized carbons (Fsp3) is 0.217. The molecule has 4 rings (SSSR count). The molecule has 1 aliphatic heterocycles. The summed E-state index contributed by atoms with van der Waals surface area (Å²) >= 11 is 12.1.